The Hall–Kier alpha value is -3.93. The number of benzene rings is 3. The van der Waals surface area contributed by atoms with E-state index >= 15 is 0 Å². The number of nitrogens with one attached hydrogen (secondary N) is 1. The molecule has 3 aromatic carbocycles. The second kappa shape index (κ2) is 7.24. The van der Waals surface area contributed by atoms with E-state index in [-0.39, 0.29) is 5.91 Å². The molecule has 6 nitrogen and oxygen atoms in total. The van der Waals surface area contributed by atoms with Crippen LogP contribution in [0.1, 0.15) is 27.8 Å². The number of carbonyl (C=O) groups is 1. The molecule has 2 heterocycles. The molecule has 0 aliphatic carbocycles. The maximum atomic E-state index is 13.3. The van der Waals surface area contributed by atoms with Crippen molar-refractivity contribution in [2.24, 2.45) is 0 Å². The summed E-state index contributed by atoms with van der Waals surface area (Å²) in [6.45, 7) is 0.476. The number of hydrogen-bond donors (Lipinski definition) is 1. The third-order valence-corrected chi connectivity index (χ3v) is 4.99. The molecular weight excluding hydrogens is 362 g/mol. The summed E-state index contributed by atoms with van der Waals surface area (Å²) in [5.41, 5.74) is 4.09. The lowest BCUT2D eigenvalue weighted by atomic mass is 10.1. The number of fused-ring (bicyclic) bond motifs is 1. The molecule has 6 heteroatoms. The van der Waals surface area contributed by atoms with Crippen LogP contribution in [0.5, 0.6) is 0 Å². The molecule has 4 aromatic rings. The van der Waals surface area contributed by atoms with Crippen LogP contribution in [-0.4, -0.2) is 25.8 Å². The number of hydrogen-bond acceptors (Lipinski definition) is 4. The van der Waals surface area contributed by atoms with E-state index in [0.717, 1.165) is 16.9 Å². The number of nitrogens with zero attached hydrogens (tertiary/aromatic N) is 4. The minimum atomic E-state index is -0.407. The number of para-hydroxylation sites is 2. The van der Waals surface area contributed by atoms with Crippen molar-refractivity contribution in [1.82, 2.24) is 19.9 Å². The number of rotatable bonds is 4. The van der Waals surface area contributed by atoms with Crippen molar-refractivity contribution in [3.63, 3.8) is 0 Å². The Kier molecular flexibility index (Phi) is 4.29. The van der Waals surface area contributed by atoms with Gasteiger partial charge in [-0.05, 0) is 29.8 Å². The average molecular weight is 381 g/mol. The molecule has 0 spiro atoms. The molecule has 0 fully saturated rings. The fourth-order valence-corrected chi connectivity index (χ4v) is 3.56. The number of aromatic nitrogens is 3. The van der Waals surface area contributed by atoms with E-state index in [1.54, 1.807) is 15.9 Å². The first-order chi connectivity index (χ1) is 14.3. The SMILES string of the molecule is O=C1c2ccccc2NC(c2cnn(-c3ccccc3)n2)N1Cc1ccccc1. The molecule has 0 saturated heterocycles. The van der Waals surface area contributed by atoms with E-state index in [2.05, 4.69) is 15.5 Å². The number of amides is 1. The minimum Gasteiger partial charge on any atom is -0.359 e. The van der Waals surface area contributed by atoms with Gasteiger partial charge < -0.3 is 10.2 Å². The number of carbonyl (C=O) groups excluding carboxylic acids is 1. The molecule has 0 bridgehead atoms. The minimum absolute atomic E-state index is 0.0255. The molecule has 1 unspecified atom stereocenters. The van der Waals surface area contributed by atoms with Crippen LogP contribution in [0.3, 0.4) is 0 Å². The largest absolute Gasteiger partial charge is 0.359 e. The standard InChI is InChI=1S/C23H19N5O/c29-23-19-13-7-8-14-20(19)25-22(27(23)16-17-9-3-1-4-10-17)21-15-24-28(26-21)18-11-5-2-6-12-18/h1-15,22,25H,16H2. The van der Waals surface area contributed by atoms with Crippen LogP contribution in [0, 0.1) is 0 Å². The van der Waals surface area contributed by atoms with Gasteiger partial charge in [-0.15, -0.1) is 5.10 Å². The molecule has 1 amide bonds. The summed E-state index contributed by atoms with van der Waals surface area (Å²) >= 11 is 0. The third kappa shape index (κ3) is 3.25. The van der Waals surface area contributed by atoms with Gasteiger partial charge in [-0.25, -0.2) is 0 Å². The van der Waals surface area contributed by atoms with E-state index in [0.29, 0.717) is 17.8 Å². The molecule has 1 N–H and O–H groups in total. The maximum Gasteiger partial charge on any atom is 0.258 e. The first-order valence-corrected chi connectivity index (χ1v) is 9.48. The molecule has 0 saturated carbocycles. The van der Waals surface area contributed by atoms with Gasteiger partial charge in [0.2, 0.25) is 0 Å². The third-order valence-electron chi connectivity index (χ3n) is 4.99. The summed E-state index contributed by atoms with van der Waals surface area (Å²) in [4.78, 5) is 16.7. The first-order valence-electron chi connectivity index (χ1n) is 9.48. The summed E-state index contributed by atoms with van der Waals surface area (Å²) in [7, 11) is 0. The summed E-state index contributed by atoms with van der Waals surface area (Å²) < 4.78 is 0. The molecular formula is C23H19N5O. The second-order valence-electron chi connectivity index (χ2n) is 6.91. The number of anilines is 1. The van der Waals surface area contributed by atoms with Crippen LogP contribution < -0.4 is 5.32 Å². The van der Waals surface area contributed by atoms with Gasteiger partial charge in [-0.1, -0.05) is 60.7 Å². The van der Waals surface area contributed by atoms with Crippen molar-refractivity contribution in [3.8, 4) is 5.69 Å². The van der Waals surface area contributed by atoms with Crippen molar-refractivity contribution in [2.75, 3.05) is 5.32 Å². The molecule has 1 aliphatic heterocycles. The van der Waals surface area contributed by atoms with E-state index in [4.69, 9.17) is 0 Å². The van der Waals surface area contributed by atoms with Crippen LogP contribution in [0.4, 0.5) is 5.69 Å². The molecule has 29 heavy (non-hydrogen) atoms. The quantitative estimate of drug-likeness (QED) is 0.580. The zero-order valence-electron chi connectivity index (χ0n) is 15.6. The Morgan fingerprint density at radius 2 is 1.55 bits per heavy atom. The molecule has 1 aromatic heterocycles. The van der Waals surface area contributed by atoms with Crippen molar-refractivity contribution in [2.45, 2.75) is 12.7 Å². The Labute approximate surface area is 168 Å². The normalized spacial score (nSPS) is 15.7. The van der Waals surface area contributed by atoms with Gasteiger partial charge in [0.1, 0.15) is 11.9 Å². The zero-order chi connectivity index (χ0) is 19.6. The Bertz CT molecular complexity index is 1140. The van der Waals surface area contributed by atoms with Crippen LogP contribution in [0.2, 0.25) is 0 Å². The fourth-order valence-electron chi connectivity index (χ4n) is 3.56. The average Bonchev–Trinajstić information content (AvgIpc) is 3.27. The van der Waals surface area contributed by atoms with Crippen LogP contribution in [0.25, 0.3) is 5.69 Å². The highest BCUT2D eigenvalue weighted by atomic mass is 16.2. The topological polar surface area (TPSA) is 63.1 Å². The van der Waals surface area contributed by atoms with Gasteiger partial charge in [0.15, 0.2) is 0 Å². The maximum absolute atomic E-state index is 13.3. The highest BCUT2D eigenvalue weighted by Crippen LogP contribution is 2.33. The Morgan fingerprint density at radius 3 is 2.34 bits per heavy atom. The predicted octanol–water partition coefficient (Wildman–Crippen LogP) is 4.03. The van der Waals surface area contributed by atoms with Crippen molar-refractivity contribution >= 4 is 11.6 Å². The van der Waals surface area contributed by atoms with E-state index in [9.17, 15) is 4.79 Å². The van der Waals surface area contributed by atoms with Crippen molar-refractivity contribution in [1.29, 1.82) is 0 Å². The van der Waals surface area contributed by atoms with E-state index in [1.165, 1.54) is 0 Å². The van der Waals surface area contributed by atoms with Gasteiger partial charge in [0, 0.05) is 12.2 Å². The van der Waals surface area contributed by atoms with Crippen LogP contribution in [-0.2, 0) is 6.54 Å². The second-order valence-corrected chi connectivity index (χ2v) is 6.91. The van der Waals surface area contributed by atoms with Gasteiger partial charge in [-0.2, -0.15) is 9.90 Å². The Balaban J connectivity index is 1.54. The van der Waals surface area contributed by atoms with Crippen molar-refractivity contribution in [3.05, 3.63) is 108 Å². The first kappa shape index (κ1) is 17.2. The highest BCUT2D eigenvalue weighted by molar-refractivity contribution is 6.01. The van der Waals surface area contributed by atoms with Crippen molar-refractivity contribution < 1.29 is 4.79 Å². The van der Waals surface area contributed by atoms with E-state index < -0.39 is 6.17 Å². The molecule has 0 radical (unpaired) electrons. The lowest BCUT2D eigenvalue weighted by Gasteiger charge is -2.36. The lowest BCUT2D eigenvalue weighted by molar-refractivity contribution is 0.0662. The van der Waals surface area contributed by atoms with E-state index in [1.807, 2.05) is 84.9 Å². The van der Waals surface area contributed by atoms with Crippen LogP contribution in [0.15, 0.2) is 91.1 Å². The van der Waals surface area contributed by atoms with Crippen LogP contribution >= 0.6 is 0 Å². The molecule has 142 valence electrons. The molecule has 1 aliphatic rings. The summed E-state index contributed by atoms with van der Waals surface area (Å²) in [6, 6.07) is 27.3. The monoisotopic (exact) mass is 381 g/mol. The molecule has 1 atom stereocenters. The molecule has 5 rings (SSSR count). The zero-order valence-corrected chi connectivity index (χ0v) is 15.6. The summed E-state index contributed by atoms with van der Waals surface area (Å²) in [5, 5.41) is 12.5. The van der Waals surface area contributed by atoms with Gasteiger partial charge in [0.05, 0.1) is 17.4 Å². The summed E-state index contributed by atoms with van der Waals surface area (Å²) in [5.74, 6) is -0.0255. The predicted molar refractivity (Wildman–Crippen MR) is 110 cm³/mol. The fraction of sp³-hybridized carbons (Fsp3) is 0.0870. The lowest BCUT2D eigenvalue weighted by Crippen LogP contribution is -2.42. The van der Waals surface area contributed by atoms with Gasteiger partial charge >= 0.3 is 0 Å². The highest BCUT2D eigenvalue weighted by Gasteiger charge is 2.34. The summed E-state index contributed by atoms with van der Waals surface area (Å²) in [6.07, 6.45) is 1.30. The van der Waals surface area contributed by atoms with Gasteiger partial charge in [-0.3, -0.25) is 4.79 Å². The van der Waals surface area contributed by atoms with Gasteiger partial charge in [0.25, 0.3) is 5.91 Å². The Morgan fingerprint density at radius 1 is 0.862 bits per heavy atom. The smallest absolute Gasteiger partial charge is 0.258 e.